The van der Waals surface area contributed by atoms with Crippen molar-refractivity contribution in [3.63, 3.8) is 0 Å². The summed E-state index contributed by atoms with van der Waals surface area (Å²) in [5, 5.41) is 12.9. The Morgan fingerprint density at radius 3 is 2.86 bits per heavy atom. The third-order valence-electron chi connectivity index (χ3n) is 1.65. The van der Waals surface area contributed by atoms with Crippen LogP contribution in [0.3, 0.4) is 0 Å². The highest BCUT2D eigenvalue weighted by molar-refractivity contribution is 7.99. The maximum absolute atomic E-state index is 8.91. The van der Waals surface area contributed by atoms with E-state index in [0.717, 1.165) is 16.7 Å². The fraction of sp³-hybridized carbons (Fsp3) is 0.556. The van der Waals surface area contributed by atoms with Gasteiger partial charge >= 0.3 is 0 Å². The largest absolute Gasteiger partial charge is 0.395 e. The molecular weight excluding hydrogens is 198 g/mol. The first-order valence-corrected chi connectivity index (χ1v) is 5.34. The van der Waals surface area contributed by atoms with E-state index in [2.05, 4.69) is 15.3 Å². The van der Waals surface area contributed by atoms with Gasteiger partial charge < -0.3 is 10.4 Å². The van der Waals surface area contributed by atoms with Crippen molar-refractivity contribution in [1.82, 2.24) is 9.97 Å². The van der Waals surface area contributed by atoms with Crippen LogP contribution >= 0.6 is 11.8 Å². The molecule has 0 amide bonds. The highest BCUT2D eigenvalue weighted by Crippen LogP contribution is 2.22. The summed E-state index contributed by atoms with van der Waals surface area (Å²) >= 11 is 1.55. The van der Waals surface area contributed by atoms with Crippen LogP contribution in [0.4, 0.5) is 5.82 Å². The Kier molecular flexibility index (Phi) is 4.16. The Morgan fingerprint density at radius 2 is 2.29 bits per heavy atom. The van der Waals surface area contributed by atoms with Crippen LogP contribution in [0.15, 0.2) is 11.1 Å². The number of aliphatic hydroxyl groups is 1. The predicted molar refractivity (Wildman–Crippen MR) is 58.7 cm³/mol. The number of nitrogens with zero attached hydrogens (tertiary/aromatic N) is 2. The van der Waals surface area contributed by atoms with Gasteiger partial charge in [0, 0.05) is 18.4 Å². The van der Waals surface area contributed by atoms with E-state index in [1.54, 1.807) is 11.8 Å². The Labute approximate surface area is 88.2 Å². The molecule has 0 aromatic carbocycles. The first-order chi connectivity index (χ1) is 6.65. The second kappa shape index (κ2) is 5.17. The molecular formula is C9H15N3OS. The molecule has 0 bridgehead atoms. The van der Waals surface area contributed by atoms with Crippen molar-refractivity contribution in [1.29, 1.82) is 0 Å². The SMILES string of the molecule is CNc1cc(SC(C)CO)nc(C)n1. The van der Waals surface area contributed by atoms with Crippen LogP contribution < -0.4 is 5.32 Å². The molecule has 1 atom stereocenters. The maximum atomic E-state index is 8.91. The Balaban J connectivity index is 2.81. The molecule has 1 rings (SSSR count). The van der Waals surface area contributed by atoms with Crippen molar-refractivity contribution in [3.8, 4) is 0 Å². The van der Waals surface area contributed by atoms with E-state index in [4.69, 9.17) is 5.11 Å². The molecule has 0 fully saturated rings. The van der Waals surface area contributed by atoms with E-state index in [9.17, 15) is 0 Å². The average Bonchev–Trinajstić information content (AvgIpc) is 2.16. The van der Waals surface area contributed by atoms with Crippen LogP contribution in [0, 0.1) is 6.92 Å². The van der Waals surface area contributed by atoms with Crippen LogP contribution in [0.25, 0.3) is 0 Å². The number of anilines is 1. The van der Waals surface area contributed by atoms with Gasteiger partial charge in [-0.3, -0.25) is 0 Å². The molecule has 1 heterocycles. The zero-order valence-corrected chi connectivity index (χ0v) is 9.43. The number of thioether (sulfide) groups is 1. The standard InChI is InChI=1S/C9H15N3OS/c1-6(5-13)14-9-4-8(10-3)11-7(2)12-9/h4,6,13H,5H2,1-3H3,(H,10,11,12). The van der Waals surface area contributed by atoms with Crippen molar-refractivity contribution in [2.24, 2.45) is 0 Å². The molecule has 0 saturated heterocycles. The highest BCUT2D eigenvalue weighted by Gasteiger charge is 2.06. The van der Waals surface area contributed by atoms with Gasteiger partial charge in [-0.2, -0.15) is 0 Å². The highest BCUT2D eigenvalue weighted by atomic mass is 32.2. The molecule has 1 aromatic rings. The number of aliphatic hydroxyl groups excluding tert-OH is 1. The van der Waals surface area contributed by atoms with Crippen LogP contribution in [-0.2, 0) is 0 Å². The molecule has 2 N–H and O–H groups in total. The molecule has 0 spiro atoms. The van der Waals surface area contributed by atoms with Crippen LogP contribution in [0.1, 0.15) is 12.7 Å². The summed E-state index contributed by atoms with van der Waals surface area (Å²) < 4.78 is 0. The van der Waals surface area contributed by atoms with Crippen LogP contribution in [0.2, 0.25) is 0 Å². The number of nitrogens with one attached hydrogen (secondary N) is 1. The fourth-order valence-electron chi connectivity index (χ4n) is 0.972. The summed E-state index contributed by atoms with van der Waals surface area (Å²) in [6, 6.07) is 1.88. The average molecular weight is 213 g/mol. The summed E-state index contributed by atoms with van der Waals surface area (Å²) in [4.78, 5) is 8.46. The van der Waals surface area contributed by atoms with E-state index in [-0.39, 0.29) is 11.9 Å². The van der Waals surface area contributed by atoms with Crippen molar-refractivity contribution >= 4 is 17.6 Å². The van der Waals surface area contributed by atoms with Gasteiger partial charge in [-0.1, -0.05) is 6.92 Å². The molecule has 5 heteroatoms. The summed E-state index contributed by atoms with van der Waals surface area (Å²) in [6.07, 6.45) is 0. The minimum atomic E-state index is 0.155. The quantitative estimate of drug-likeness (QED) is 0.583. The normalized spacial score (nSPS) is 12.6. The molecule has 0 radical (unpaired) electrons. The molecule has 1 unspecified atom stereocenters. The number of aryl methyl sites for hydroxylation is 1. The Hall–Kier alpha value is -0.810. The van der Waals surface area contributed by atoms with Gasteiger partial charge in [0.05, 0.1) is 6.61 Å². The van der Waals surface area contributed by atoms with Gasteiger partial charge in [-0.05, 0) is 6.92 Å². The molecule has 1 aromatic heterocycles. The topological polar surface area (TPSA) is 58.0 Å². The predicted octanol–water partition coefficient (Wildman–Crippen LogP) is 1.30. The number of hydrogen-bond acceptors (Lipinski definition) is 5. The lowest BCUT2D eigenvalue weighted by atomic mass is 10.5. The molecule has 4 nitrogen and oxygen atoms in total. The fourth-order valence-corrected chi connectivity index (χ4v) is 1.82. The summed E-state index contributed by atoms with van der Waals surface area (Å²) in [5.74, 6) is 1.55. The van der Waals surface area contributed by atoms with Crippen LogP contribution in [-0.4, -0.2) is 34.0 Å². The molecule has 0 aliphatic heterocycles. The van der Waals surface area contributed by atoms with Crippen molar-refractivity contribution in [3.05, 3.63) is 11.9 Å². The molecule has 0 aliphatic carbocycles. The monoisotopic (exact) mass is 213 g/mol. The first kappa shape index (κ1) is 11.3. The molecule has 0 saturated carbocycles. The Bertz CT molecular complexity index is 306. The first-order valence-electron chi connectivity index (χ1n) is 4.46. The summed E-state index contributed by atoms with van der Waals surface area (Å²) in [6.45, 7) is 3.97. The lowest BCUT2D eigenvalue weighted by Crippen LogP contribution is -2.04. The zero-order chi connectivity index (χ0) is 10.6. The summed E-state index contributed by atoms with van der Waals surface area (Å²) in [5.41, 5.74) is 0. The van der Waals surface area contributed by atoms with E-state index in [1.165, 1.54) is 0 Å². The summed E-state index contributed by atoms with van der Waals surface area (Å²) in [7, 11) is 1.83. The Morgan fingerprint density at radius 1 is 1.57 bits per heavy atom. The molecule has 14 heavy (non-hydrogen) atoms. The van der Waals surface area contributed by atoms with E-state index < -0.39 is 0 Å². The maximum Gasteiger partial charge on any atom is 0.130 e. The van der Waals surface area contributed by atoms with E-state index >= 15 is 0 Å². The lowest BCUT2D eigenvalue weighted by molar-refractivity contribution is 0.300. The molecule has 0 aliphatic rings. The number of rotatable bonds is 4. The third-order valence-corrected chi connectivity index (χ3v) is 2.65. The van der Waals surface area contributed by atoms with Gasteiger partial charge in [0.1, 0.15) is 16.7 Å². The van der Waals surface area contributed by atoms with Crippen molar-refractivity contribution in [2.75, 3.05) is 19.0 Å². The second-order valence-electron chi connectivity index (χ2n) is 3.00. The minimum absolute atomic E-state index is 0.155. The van der Waals surface area contributed by atoms with Crippen molar-refractivity contribution < 1.29 is 5.11 Å². The number of hydrogen-bond donors (Lipinski definition) is 2. The van der Waals surface area contributed by atoms with E-state index in [1.807, 2.05) is 27.0 Å². The van der Waals surface area contributed by atoms with E-state index in [0.29, 0.717) is 0 Å². The smallest absolute Gasteiger partial charge is 0.130 e. The third kappa shape index (κ3) is 3.16. The molecule has 78 valence electrons. The van der Waals surface area contributed by atoms with Gasteiger partial charge in [-0.25, -0.2) is 9.97 Å². The van der Waals surface area contributed by atoms with Gasteiger partial charge in [-0.15, -0.1) is 11.8 Å². The van der Waals surface area contributed by atoms with Gasteiger partial charge in [0.25, 0.3) is 0 Å². The lowest BCUT2D eigenvalue weighted by Gasteiger charge is -2.08. The zero-order valence-electron chi connectivity index (χ0n) is 8.61. The number of aromatic nitrogens is 2. The minimum Gasteiger partial charge on any atom is -0.395 e. The van der Waals surface area contributed by atoms with Crippen molar-refractivity contribution in [2.45, 2.75) is 24.1 Å². The van der Waals surface area contributed by atoms with Crippen LogP contribution in [0.5, 0.6) is 0 Å². The second-order valence-corrected chi connectivity index (χ2v) is 4.46. The van der Waals surface area contributed by atoms with Gasteiger partial charge in [0.2, 0.25) is 0 Å². The van der Waals surface area contributed by atoms with Gasteiger partial charge in [0.15, 0.2) is 0 Å².